The first-order chi connectivity index (χ1) is 19.0. The van der Waals surface area contributed by atoms with Gasteiger partial charge < -0.3 is 16.0 Å². The molecule has 0 radical (unpaired) electrons. The maximum Gasteiger partial charge on any atom is 0.271 e. The fraction of sp³-hybridized carbons (Fsp3) is 0.300. The van der Waals surface area contributed by atoms with Crippen LogP contribution in [0.5, 0.6) is 0 Å². The van der Waals surface area contributed by atoms with Gasteiger partial charge in [0, 0.05) is 53.9 Å². The van der Waals surface area contributed by atoms with E-state index in [1.54, 1.807) is 35.2 Å². The van der Waals surface area contributed by atoms with Gasteiger partial charge in [-0.05, 0) is 63.9 Å². The van der Waals surface area contributed by atoms with E-state index in [-0.39, 0.29) is 17.1 Å². The molecule has 0 aromatic carbocycles. The Morgan fingerprint density at radius 3 is 2.62 bits per heavy atom. The van der Waals surface area contributed by atoms with Gasteiger partial charge in [0.25, 0.3) is 5.91 Å². The van der Waals surface area contributed by atoms with E-state index >= 15 is 0 Å². The molecule has 9 nitrogen and oxygen atoms in total. The fourth-order valence-corrected chi connectivity index (χ4v) is 4.91. The second-order valence-corrected chi connectivity index (χ2v) is 11.2. The lowest BCUT2D eigenvalue weighted by Crippen LogP contribution is -2.53. The fourth-order valence-electron chi connectivity index (χ4n) is 4.70. The Morgan fingerprint density at radius 1 is 1.20 bits per heavy atom. The highest BCUT2D eigenvalue weighted by Gasteiger charge is 2.33. The number of rotatable bonds is 4. The van der Waals surface area contributed by atoms with Crippen LogP contribution in [0.1, 0.15) is 55.2 Å². The van der Waals surface area contributed by atoms with Gasteiger partial charge in [-0.3, -0.25) is 4.79 Å². The van der Waals surface area contributed by atoms with E-state index in [1.807, 2.05) is 45.2 Å². The molecule has 0 bridgehead atoms. The number of piperidine rings is 1. The van der Waals surface area contributed by atoms with Crippen LogP contribution < -0.4 is 16.0 Å². The van der Waals surface area contributed by atoms with Gasteiger partial charge in [0.15, 0.2) is 0 Å². The SMILES string of the molecule is CC(C)(N)C#Cc1cc(-c2ccc(N3CCC(C)(NC(=O)c4ncccc4Cl)CC3)nc2)c2c(C#N)cnn2c1. The number of fused-ring (bicyclic) bond motifs is 1. The second kappa shape index (κ2) is 10.6. The van der Waals surface area contributed by atoms with Crippen molar-refractivity contribution in [2.24, 2.45) is 5.73 Å². The number of amides is 1. The van der Waals surface area contributed by atoms with Gasteiger partial charge in [-0.15, -0.1) is 0 Å². The van der Waals surface area contributed by atoms with Crippen LogP contribution >= 0.6 is 11.6 Å². The molecule has 3 N–H and O–H groups in total. The van der Waals surface area contributed by atoms with Crippen molar-refractivity contribution in [3.63, 3.8) is 0 Å². The number of halogens is 1. The zero-order chi connectivity index (χ0) is 28.5. The molecular formula is C30H29ClN8O. The molecule has 0 aliphatic carbocycles. The van der Waals surface area contributed by atoms with Crippen LogP contribution in [0.3, 0.4) is 0 Å². The Bertz CT molecular complexity index is 1680. The van der Waals surface area contributed by atoms with Crippen molar-refractivity contribution in [2.75, 3.05) is 18.0 Å². The van der Waals surface area contributed by atoms with Crippen molar-refractivity contribution in [2.45, 2.75) is 44.7 Å². The Morgan fingerprint density at radius 2 is 1.98 bits per heavy atom. The molecule has 40 heavy (non-hydrogen) atoms. The van der Waals surface area contributed by atoms with Gasteiger partial charge >= 0.3 is 0 Å². The lowest BCUT2D eigenvalue weighted by atomic mass is 9.89. The smallest absolute Gasteiger partial charge is 0.271 e. The number of carbonyl (C=O) groups is 1. The third kappa shape index (κ3) is 5.76. The molecule has 10 heteroatoms. The third-order valence-corrected chi connectivity index (χ3v) is 7.20. The van der Waals surface area contributed by atoms with Crippen molar-refractivity contribution in [1.82, 2.24) is 24.9 Å². The van der Waals surface area contributed by atoms with Crippen LogP contribution in [0.25, 0.3) is 16.6 Å². The Labute approximate surface area is 238 Å². The number of nitrogens with one attached hydrogen (secondary N) is 1. The summed E-state index contributed by atoms with van der Waals surface area (Å²) in [5.41, 5.74) is 8.84. The number of nitrogens with zero attached hydrogens (tertiary/aromatic N) is 6. The number of nitrogens with two attached hydrogens (primary N) is 1. The van der Waals surface area contributed by atoms with Crippen LogP contribution in [0.2, 0.25) is 5.02 Å². The first-order valence-corrected chi connectivity index (χ1v) is 13.3. The summed E-state index contributed by atoms with van der Waals surface area (Å²) < 4.78 is 1.67. The van der Waals surface area contributed by atoms with Crippen molar-refractivity contribution >= 4 is 28.8 Å². The molecule has 0 atom stereocenters. The van der Waals surface area contributed by atoms with Gasteiger partial charge in [0.1, 0.15) is 17.6 Å². The highest BCUT2D eigenvalue weighted by atomic mass is 35.5. The topological polar surface area (TPSA) is 125 Å². The van der Waals surface area contributed by atoms with Crippen LogP contribution in [0.4, 0.5) is 5.82 Å². The minimum atomic E-state index is -0.640. The zero-order valence-electron chi connectivity index (χ0n) is 22.6. The summed E-state index contributed by atoms with van der Waals surface area (Å²) in [6, 6.07) is 11.5. The number of hydrogen-bond acceptors (Lipinski definition) is 7. The van der Waals surface area contributed by atoms with Gasteiger partial charge in [-0.2, -0.15) is 10.4 Å². The van der Waals surface area contributed by atoms with Gasteiger partial charge in [-0.25, -0.2) is 14.5 Å². The molecule has 4 aromatic heterocycles. The number of hydrogen-bond donors (Lipinski definition) is 2. The molecule has 5 rings (SSSR count). The predicted molar refractivity (Wildman–Crippen MR) is 155 cm³/mol. The van der Waals surface area contributed by atoms with Gasteiger partial charge in [-0.1, -0.05) is 23.4 Å². The summed E-state index contributed by atoms with van der Waals surface area (Å²) in [6.45, 7) is 7.18. The minimum Gasteiger partial charge on any atom is -0.356 e. The lowest BCUT2D eigenvalue weighted by molar-refractivity contribution is 0.0886. The number of nitriles is 1. The van der Waals surface area contributed by atoms with E-state index in [2.05, 4.69) is 38.2 Å². The summed E-state index contributed by atoms with van der Waals surface area (Å²) in [5.74, 6) is 6.74. The molecule has 4 aromatic rings. The van der Waals surface area contributed by atoms with Crippen molar-refractivity contribution in [1.29, 1.82) is 5.26 Å². The predicted octanol–water partition coefficient (Wildman–Crippen LogP) is 4.19. The van der Waals surface area contributed by atoms with E-state index < -0.39 is 5.54 Å². The van der Waals surface area contributed by atoms with Gasteiger partial charge in [0.2, 0.25) is 0 Å². The Balaban J connectivity index is 1.35. The average molecular weight is 553 g/mol. The number of aromatic nitrogens is 4. The summed E-state index contributed by atoms with van der Waals surface area (Å²) >= 11 is 6.16. The van der Waals surface area contributed by atoms with Crippen LogP contribution in [-0.4, -0.2) is 49.7 Å². The molecule has 1 aliphatic rings. The van der Waals surface area contributed by atoms with Gasteiger partial charge in [0.05, 0.1) is 27.8 Å². The average Bonchev–Trinajstić information content (AvgIpc) is 3.35. The normalized spacial score (nSPS) is 14.8. The molecule has 202 valence electrons. The highest BCUT2D eigenvalue weighted by Crippen LogP contribution is 2.30. The Kier molecular flexibility index (Phi) is 7.20. The molecule has 0 saturated carbocycles. The largest absolute Gasteiger partial charge is 0.356 e. The van der Waals surface area contributed by atoms with Crippen LogP contribution in [0, 0.1) is 23.2 Å². The standard InChI is InChI=1S/C30H29ClN8O/c1-29(2,33)9-8-20-15-23(27-22(16-32)18-36-39(27)19-20)21-6-7-25(35-17-21)38-13-10-30(3,11-14-38)37-28(40)26-24(31)5-4-12-34-26/h4-7,12,15,17-19H,10-11,13-14,33H2,1-3H3,(H,37,40). The maximum absolute atomic E-state index is 12.8. The highest BCUT2D eigenvalue weighted by molar-refractivity contribution is 6.33. The molecule has 0 spiro atoms. The lowest BCUT2D eigenvalue weighted by Gasteiger charge is -2.40. The maximum atomic E-state index is 12.8. The van der Waals surface area contributed by atoms with E-state index in [1.165, 1.54) is 0 Å². The molecular weight excluding hydrogens is 524 g/mol. The van der Waals surface area contributed by atoms with Crippen LogP contribution in [0.15, 0.2) is 55.1 Å². The Hall–Kier alpha value is -4.44. The van der Waals surface area contributed by atoms with Crippen molar-refractivity contribution in [3.05, 3.63) is 77.0 Å². The third-order valence-electron chi connectivity index (χ3n) is 6.90. The van der Waals surface area contributed by atoms with E-state index in [4.69, 9.17) is 22.3 Å². The van der Waals surface area contributed by atoms with E-state index in [9.17, 15) is 10.1 Å². The quantitative estimate of drug-likeness (QED) is 0.363. The number of anilines is 1. The van der Waals surface area contributed by atoms with Crippen molar-refractivity contribution < 1.29 is 4.79 Å². The molecule has 0 unspecified atom stereocenters. The second-order valence-electron chi connectivity index (χ2n) is 10.8. The monoisotopic (exact) mass is 552 g/mol. The van der Waals surface area contributed by atoms with Crippen molar-refractivity contribution in [3.8, 4) is 29.0 Å². The summed E-state index contributed by atoms with van der Waals surface area (Å²) in [5, 5.41) is 17.5. The molecule has 1 aliphatic heterocycles. The number of pyridine rings is 3. The summed E-state index contributed by atoms with van der Waals surface area (Å²) in [6.07, 6.45) is 8.20. The zero-order valence-corrected chi connectivity index (χ0v) is 23.3. The first-order valence-electron chi connectivity index (χ1n) is 12.9. The number of carbonyl (C=O) groups excluding carboxylic acids is 1. The first kappa shape index (κ1) is 27.1. The minimum absolute atomic E-state index is 0.235. The molecule has 1 fully saturated rings. The summed E-state index contributed by atoms with van der Waals surface area (Å²) in [4.78, 5) is 23.8. The molecule has 5 heterocycles. The van der Waals surface area contributed by atoms with E-state index in [0.29, 0.717) is 16.1 Å². The molecule has 1 saturated heterocycles. The molecule has 1 amide bonds. The summed E-state index contributed by atoms with van der Waals surface area (Å²) in [7, 11) is 0. The van der Waals surface area contributed by atoms with Crippen LogP contribution in [-0.2, 0) is 0 Å². The van der Waals surface area contributed by atoms with E-state index in [0.717, 1.165) is 48.4 Å².